The smallest absolute Gasteiger partial charge is 0.118 e. The Morgan fingerprint density at radius 1 is 1.14 bits per heavy atom. The highest BCUT2D eigenvalue weighted by molar-refractivity contribution is 5.29. The predicted molar refractivity (Wildman–Crippen MR) is 88.0 cm³/mol. The van der Waals surface area contributed by atoms with E-state index in [2.05, 4.69) is 53.4 Å². The molecule has 1 N–H and O–H groups in total. The summed E-state index contributed by atoms with van der Waals surface area (Å²) >= 11 is 0. The summed E-state index contributed by atoms with van der Waals surface area (Å²) in [6.07, 6.45) is 1.16. The Balaban J connectivity index is 1.99. The number of benzene rings is 1. The van der Waals surface area contributed by atoms with Crippen LogP contribution >= 0.6 is 0 Å². The summed E-state index contributed by atoms with van der Waals surface area (Å²) in [6.45, 7) is 9.03. The second-order valence-electron chi connectivity index (χ2n) is 5.88. The fraction of sp³-hybridized carbons (Fsp3) is 0.647. The lowest BCUT2D eigenvalue weighted by Crippen LogP contribution is -2.47. The zero-order chi connectivity index (χ0) is 15.1. The van der Waals surface area contributed by atoms with Gasteiger partial charge in [0.2, 0.25) is 0 Å². The van der Waals surface area contributed by atoms with Gasteiger partial charge in [-0.2, -0.15) is 0 Å². The molecule has 0 bridgehead atoms. The molecule has 0 amide bonds. The first-order valence-electron chi connectivity index (χ1n) is 8.01. The molecule has 0 aromatic heterocycles. The minimum Gasteiger partial charge on any atom is -0.497 e. The van der Waals surface area contributed by atoms with Crippen molar-refractivity contribution >= 4 is 0 Å². The average molecular weight is 291 g/mol. The van der Waals surface area contributed by atoms with Crippen LogP contribution in [0.2, 0.25) is 0 Å². The first-order chi connectivity index (χ1) is 10.2. The molecular weight excluding hydrogens is 262 g/mol. The second-order valence-corrected chi connectivity index (χ2v) is 5.88. The molecule has 4 heteroatoms. The van der Waals surface area contributed by atoms with Crippen molar-refractivity contribution in [2.45, 2.75) is 19.4 Å². The van der Waals surface area contributed by atoms with E-state index < -0.39 is 0 Å². The van der Waals surface area contributed by atoms with Gasteiger partial charge in [0.25, 0.3) is 0 Å². The van der Waals surface area contributed by atoms with Crippen molar-refractivity contribution in [2.24, 2.45) is 0 Å². The molecule has 1 saturated heterocycles. The third-order valence-corrected chi connectivity index (χ3v) is 4.20. The number of nitrogens with zero attached hydrogens (tertiary/aromatic N) is 2. The van der Waals surface area contributed by atoms with Gasteiger partial charge in [0.1, 0.15) is 5.75 Å². The Morgan fingerprint density at radius 3 is 2.38 bits per heavy atom. The van der Waals surface area contributed by atoms with Crippen LogP contribution in [0.4, 0.5) is 0 Å². The number of ether oxygens (including phenoxy) is 1. The summed E-state index contributed by atoms with van der Waals surface area (Å²) in [6, 6.07) is 8.88. The summed E-state index contributed by atoms with van der Waals surface area (Å²) in [4.78, 5) is 4.97. The summed E-state index contributed by atoms with van der Waals surface area (Å²) < 4.78 is 5.26. The van der Waals surface area contributed by atoms with Crippen LogP contribution in [0.1, 0.15) is 24.9 Å². The van der Waals surface area contributed by atoms with Crippen molar-refractivity contribution in [3.8, 4) is 5.75 Å². The molecule has 2 rings (SSSR count). The summed E-state index contributed by atoms with van der Waals surface area (Å²) in [5.74, 6) is 0.924. The fourth-order valence-electron chi connectivity index (χ4n) is 2.73. The molecule has 118 valence electrons. The molecule has 4 nitrogen and oxygen atoms in total. The highest BCUT2D eigenvalue weighted by Gasteiger charge is 2.19. The van der Waals surface area contributed by atoms with E-state index in [-0.39, 0.29) is 0 Å². The van der Waals surface area contributed by atoms with E-state index in [4.69, 9.17) is 4.74 Å². The Labute approximate surface area is 129 Å². The third-order valence-electron chi connectivity index (χ3n) is 4.20. The molecule has 1 aromatic carbocycles. The maximum Gasteiger partial charge on any atom is 0.118 e. The molecule has 0 spiro atoms. The molecular formula is C17H29N3O. The zero-order valence-corrected chi connectivity index (χ0v) is 13.6. The molecule has 1 unspecified atom stereocenters. The van der Waals surface area contributed by atoms with Crippen molar-refractivity contribution in [1.29, 1.82) is 0 Å². The van der Waals surface area contributed by atoms with Gasteiger partial charge >= 0.3 is 0 Å². The molecule has 1 fully saturated rings. The Hall–Kier alpha value is -1.10. The number of piperazine rings is 1. The van der Waals surface area contributed by atoms with Crippen molar-refractivity contribution < 1.29 is 4.74 Å². The molecule has 0 saturated carbocycles. The minimum atomic E-state index is 0.402. The van der Waals surface area contributed by atoms with E-state index in [1.807, 2.05) is 0 Å². The molecule has 21 heavy (non-hydrogen) atoms. The lowest BCUT2D eigenvalue weighted by molar-refractivity contribution is 0.142. The average Bonchev–Trinajstić information content (AvgIpc) is 2.53. The molecule has 1 atom stereocenters. The first kappa shape index (κ1) is 16.3. The fourth-order valence-corrected chi connectivity index (χ4v) is 2.73. The van der Waals surface area contributed by atoms with E-state index in [0.717, 1.165) is 38.3 Å². The SMILES string of the molecule is CCCNC(CN1CCN(C)CC1)c1ccc(OC)cc1. The van der Waals surface area contributed by atoms with E-state index in [1.54, 1.807) is 7.11 Å². The third kappa shape index (κ3) is 4.99. The standard InChI is InChI=1S/C17H29N3O/c1-4-9-18-17(14-20-12-10-19(2)11-13-20)15-5-7-16(21-3)8-6-15/h5-8,17-18H,4,9-14H2,1-3H3. The van der Waals surface area contributed by atoms with Gasteiger partial charge in [0.15, 0.2) is 0 Å². The first-order valence-corrected chi connectivity index (χ1v) is 8.01. The van der Waals surface area contributed by atoms with Crippen molar-refractivity contribution in [2.75, 3.05) is 53.4 Å². The molecule has 0 radical (unpaired) electrons. The molecule has 0 aliphatic carbocycles. The number of likely N-dealkylation sites (N-methyl/N-ethyl adjacent to an activating group) is 1. The minimum absolute atomic E-state index is 0.402. The van der Waals surface area contributed by atoms with Crippen molar-refractivity contribution in [3.63, 3.8) is 0 Å². The number of hydrogen-bond donors (Lipinski definition) is 1. The zero-order valence-electron chi connectivity index (χ0n) is 13.6. The van der Waals surface area contributed by atoms with Gasteiger partial charge in [-0.15, -0.1) is 0 Å². The van der Waals surface area contributed by atoms with Crippen LogP contribution in [0.3, 0.4) is 0 Å². The largest absolute Gasteiger partial charge is 0.497 e. The normalized spacial score (nSPS) is 18.6. The lowest BCUT2D eigenvalue weighted by Gasteiger charge is -2.35. The number of rotatable bonds is 7. The number of nitrogens with one attached hydrogen (secondary N) is 1. The number of methoxy groups -OCH3 is 1. The van der Waals surface area contributed by atoms with Crippen LogP contribution < -0.4 is 10.1 Å². The van der Waals surface area contributed by atoms with E-state index in [1.165, 1.54) is 18.7 Å². The summed E-state index contributed by atoms with van der Waals surface area (Å²) in [7, 11) is 3.92. The van der Waals surface area contributed by atoms with Gasteiger partial charge in [0, 0.05) is 38.8 Å². The Kier molecular flexibility index (Phi) is 6.49. The summed E-state index contributed by atoms with van der Waals surface area (Å²) in [5, 5.41) is 3.69. The van der Waals surface area contributed by atoms with Gasteiger partial charge < -0.3 is 15.0 Å². The van der Waals surface area contributed by atoms with Crippen LogP contribution in [0.25, 0.3) is 0 Å². The van der Waals surface area contributed by atoms with Crippen LogP contribution in [0, 0.1) is 0 Å². The Bertz CT molecular complexity index is 399. The van der Waals surface area contributed by atoms with Crippen LogP contribution in [-0.4, -0.2) is 63.2 Å². The summed E-state index contributed by atoms with van der Waals surface area (Å²) in [5.41, 5.74) is 1.35. The monoisotopic (exact) mass is 291 g/mol. The highest BCUT2D eigenvalue weighted by atomic mass is 16.5. The maximum absolute atomic E-state index is 5.26. The van der Waals surface area contributed by atoms with Gasteiger partial charge in [-0.3, -0.25) is 4.90 Å². The molecule has 1 aromatic rings. The van der Waals surface area contributed by atoms with Gasteiger partial charge in [-0.05, 0) is 37.7 Å². The Morgan fingerprint density at radius 2 is 1.81 bits per heavy atom. The van der Waals surface area contributed by atoms with Crippen molar-refractivity contribution in [3.05, 3.63) is 29.8 Å². The van der Waals surface area contributed by atoms with Crippen LogP contribution in [-0.2, 0) is 0 Å². The number of hydrogen-bond acceptors (Lipinski definition) is 4. The molecule has 1 aliphatic rings. The van der Waals surface area contributed by atoms with Crippen molar-refractivity contribution in [1.82, 2.24) is 15.1 Å². The maximum atomic E-state index is 5.26. The highest BCUT2D eigenvalue weighted by Crippen LogP contribution is 2.19. The van der Waals surface area contributed by atoms with E-state index in [9.17, 15) is 0 Å². The van der Waals surface area contributed by atoms with Gasteiger partial charge in [0.05, 0.1) is 7.11 Å². The second kappa shape index (κ2) is 8.37. The van der Waals surface area contributed by atoms with Gasteiger partial charge in [-0.25, -0.2) is 0 Å². The van der Waals surface area contributed by atoms with Gasteiger partial charge in [-0.1, -0.05) is 19.1 Å². The lowest BCUT2D eigenvalue weighted by atomic mass is 10.1. The van der Waals surface area contributed by atoms with E-state index in [0.29, 0.717) is 6.04 Å². The van der Waals surface area contributed by atoms with Crippen LogP contribution in [0.15, 0.2) is 24.3 Å². The van der Waals surface area contributed by atoms with Crippen LogP contribution in [0.5, 0.6) is 5.75 Å². The quantitative estimate of drug-likeness (QED) is 0.831. The topological polar surface area (TPSA) is 27.7 Å². The van der Waals surface area contributed by atoms with E-state index >= 15 is 0 Å². The molecule has 1 heterocycles. The predicted octanol–water partition coefficient (Wildman–Crippen LogP) is 1.98. The molecule has 1 aliphatic heterocycles.